The number of furan rings is 1. The van der Waals surface area contributed by atoms with Crippen LogP contribution >= 0.6 is 0 Å². The molecule has 1 spiro atoms. The minimum Gasteiger partial charge on any atom is -0.459 e. The highest BCUT2D eigenvalue weighted by Gasteiger charge is 2.42. The van der Waals surface area contributed by atoms with Crippen molar-refractivity contribution in [3.05, 3.63) is 24.2 Å². The Bertz CT molecular complexity index is 432. The number of carbonyl (C=O) groups excluding carboxylic acids is 1. The van der Waals surface area contributed by atoms with Crippen LogP contribution in [0.15, 0.2) is 22.8 Å². The molecule has 1 aromatic heterocycles. The lowest BCUT2D eigenvalue weighted by Gasteiger charge is -2.38. The van der Waals surface area contributed by atoms with Crippen molar-refractivity contribution in [3.8, 4) is 0 Å². The normalized spacial score (nSPS) is 25.9. The molecule has 1 atom stereocenters. The first-order valence-corrected chi connectivity index (χ1v) is 7.19. The zero-order valence-electron chi connectivity index (χ0n) is 11.4. The molecule has 1 amide bonds. The van der Waals surface area contributed by atoms with Gasteiger partial charge in [0.25, 0.3) is 5.91 Å². The zero-order valence-corrected chi connectivity index (χ0v) is 11.4. The van der Waals surface area contributed by atoms with E-state index in [1.54, 1.807) is 18.4 Å². The molecule has 4 heteroatoms. The van der Waals surface area contributed by atoms with E-state index in [0.717, 1.165) is 39.0 Å². The average Bonchev–Trinajstić information content (AvgIpc) is 3.09. The fraction of sp³-hybridized carbons (Fsp3) is 0.667. The molecule has 0 unspecified atom stereocenters. The van der Waals surface area contributed by atoms with Crippen molar-refractivity contribution in [2.45, 2.75) is 38.2 Å². The molecule has 0 aromatic carbocycles. The van der Waals surface area contributed by atoms with Crippen molar-refractivity contribution in [2.75, 3.05) is 19.7 Å². The van der Waals surface area contributed by atoms with Crippen LogP contribution in [0.5, 0.6) is 0 Å². The largest absolute Gasteiger partial charge is 0.459 e. The highest BCUT2D eigenvalue weighted by atomic mass is 16.5. The van der Waals surface area contributed by atoms with Crippen molar-refractivity contribution in [1.82, 2.24) is 4.90 Å². The summed E-state index contributed by atoms with van der Waals surface area (Å²) in [6.07, 6.45) is 5.81. The van der Waals surface area contributed by atoms with Gasteiger partial charge in [-0.2, -0.15) is 0 Å². The Morgan fingerprint density at radius 1 is 1.47 bits per heavy atom. The molecule has 0 aliphatic carbocycles. The third kappa shape index (κ3) is 2.41. The van der Waals surface area contributed by atoms with Gasteiger partial charge >= 0.3 is 0 Å². The van der Waals surface area contributed by atoms with Crippen molar-refractivity contribution in [2.24, 2.45) is 5.92 Å². The minimum atomic E-state index is 0.00453. The molecule has 104 valence electrons. The topological polar surface area (TPSA) is 42.7 Å². The summed E-state index contributed by atoms with van der Waals surface area (Å²) in [5.41, 5.74) is 0.0423. The van der Waals surface area contributed by atoms with E-state index in [1.165, 1.54) is 6.42 Å². The van der Waals surface area contributed by atoms with Crippen molar-refractivity contribution in [1.29, 1.82) is 0 Å². The number of carbonyl (C=O) groups is 1. The molecule has 3 rings (SSSR count). The zero-order chi connectivity index (χ0) is 13.3. The molecule has 3 heterocycles. The Balaban J connectivity index is 1.59. The average molecular weight is 263 g/mol. The van der Waals surface area contributed by atoms with Crippen LogP contribution in [-0.2, 0) is 4.74 Å². The van der Waals surface area contributed by atoms with Crippen molar-refractivity contribution in [3.63, 3.8) is 0 Å². The molecule has 4 nitrogen and oxygen atoms in total. The Morgan fingerprint density at radius 3 is 2.84 bits per heavy atom. The molecule has 0 bridgehead atoms. The van der Waals surface area contributed by atoms with Crippen LogP contribution in [0.25, 0.3) is 0 Å². The number of nitrogens with zero attached hydrogens (tertiary/aromatic N) is 1. The van der Waals surface area contributed by atoms with Gasteiger partial charge in [0.15, 0.2) is 5.76 Å². The first kappa shape index (κ1) is 12.7. The van der Waals surface area contributed by atoms with E-state index in [1.807, 2.05) is 4.90 Å². The number of hydrogen-bond donors (Lipinski definition) is 0. The monoisotopic (exact) mass is 263 g/mol. The third-order valence-corrected chi connectivity index (χ3v) is 4.56. The number of ether oxygens (including phenoxy) is 1. The van der Waals surface area contributed by atoms with Crippen LogP contribution in [0, 0.1) is 5.92 Å². The fourth-order valence-electron chi connectivity index (χ4n) is 3.22. The molecular weight excluding hydrogens is 242 g/mol. The first-order valence-electron chi connectivity index (χ1n) is 7.19. The van der Waals surface area contributed by atoms with E-state index in [0.29, 0.717) is 11.7 Å². The molecule has 2 aliphatic heterocycles. The van der Waals surface area contributed by atoms with E-state index < -0.39 is 0 Å². The van der Waals surface area contributed by atoms with Crippen LogP contribution in [-0.4, -0.2) is 36.1 Å². The van der Waals surface area contributed by atoms with Gasteiger partial charge in [-0.1, -0.05) is 13.3 Å². The Labute approximate surface area is 113 Å². The second-order valence-corrected chi connectivity index (χ2v) is 5.74. The van der Waals surface area contributed by atoms with Crippen molar-refractivity contribution >= 4 is 5.91 Å². The quantitative estimate of drug-likeness (QED) is 0.824. The van der Waals surface area contributed by atoms with Crippen LogP contribution in [0.4, 0.5) is 0 Å². The van der Waals surface area contributed by atoms with Gasteiger partial charge in [0.1, 0.15) is 0 Å². The van der Waals surface area contributed by atoms with Gasteiger partial charge in [0.2, 0.25) is 0 Å². The van der Waals surface area contributed by atoms with Gasteiger partial charge in [0.05, 0.1) is 18.5 Å². The predicted molar refractivity (Wildman–Crippen MR) is 70.9 cm³/mol. The van der Waals surface area contributed by atoms with E-state index in [2.05, 4.69) is 6.92 Å². The SMILES string of the molecule is CC[C@H]1COC2(CCN(C(=O)c3ccco3)CC2)C1. The van der Waals surface area contributed by atoms with Gasteiger partial charge in [-0.3, -0.25) is 4.79 Å². The van der Waals surface area contributed by atoms with Gasteiger partial charge in [-0.25, -0.2) is 0 Å². The van der Waals surface area contributed by atoms with Gasteiger partial charge in [-0.05, 0) is 37.3 Å². The summed E-state index contributed by atoms with van der Waals surface area (Å²) in [6.45, 7) is 4.66. The maximum absolute atomic E-state index is 12.2. The van der Waals surface area contributed by atoms with Crippen LogP contribution in [0.3, 0.4) is 0 Å². The fourth-order valence-corrected chi connectivity index (χ4v) is 3.22. The van der Waals surface area contributed by atoms with Crippen LogP contribution in [0.1, 0.15) is 43.2 Å². The Kier molecular flexibility index (Phi) is 3.35. The maximum Gasteiger partial charge on any atom is 0.289 e. The van der Waals surface area contributed by atoms with E-state index in [9.17, 15) is 4.79 Å². The lowest BCUT2D eigenvalue weighted by molar-refractivity contribution is -0.0395. The van der Waals surface area contributed by atoms with Gasteiger partial charge in [0, 0.05) is 13.1 Å². The van der Waals surface area contributed by atoms with E-state index in [-0.39, 0.29) is 11.5 Å². The number of likely N-dealkylation sites (tertiary alicyclic amines) is 1. The predicted octanol–water partition coefficient (Wildman–Crippen LogP) is 2.70. The highest BCUT2D eigenvalue weighted by molar-refractivity contribution is 5.91. The summed E-state index contributed by atoms with van der Waals surface area (Å²) >= 11 is 0. The molecule has 2 aliphatic rings. The molecule has 0 saturated carbocycles. The summed E-state index contributed by atoms with van der Waals surface area (Å²) in [4.78, 5) is 14.1. The summed E-state index contributed by atoms with van der Waals surface area (Å²) in [6, 6.07) is 3.48. The van der Waals surface area contributed by atoms with Gasteiger partial charge in [-0.15, -0.1) is 0 Å². The summed E-state index contributed by atoms with van der Waals surface area (Å²) in [5, 5.41) is 0. The Morgan fingerprint density at radius 2 is 2.26 bits per heavy atom. The molecule has 2 fully saturated rings. The van der Waals surface area contributed by atoms with E-state index >= 15 is 0 Å². The van der Waals surface area contributed by atoms with Crippen LogP contribution in [0.2, 0.25) is 0 Å². The number of rotatable bonds is 2. The minimum absolute atomic E-state index is 0.00453. The second kappa shape index (κ2) is 5.00. The smallest absolute Gasteiger partial charge is 0.289 e. The van der Waals surface area contributed by atoms with E-state index in [4.69, 9.17) is 9.15 Å². The first-order chi connectivity index (χ1) is 9.22. The molecule has 19 heavy (non-hydrogen) atoms. The molecule has 0 N–H and O–H groups in total. The summed E-state index contributed by atoms with van der Waals surface area (Å²) in [7, 11) is 0. The lowest BCUT2D eigenvalue weighted by Crippen LogP contribution is -2.46. The van der Waals surface area contributed by atoms with Gasteiger partial charge < -0.3 is 14.1 Å². The maximum atomic E-state index is 12.2. The molecule has 2 saturated heterocycles. The number of amides is 1. The molecule has 0 radical (unpaired) electrons. The number of piperidine rings is 1. The van der Waals surface area contributed by atoms with Crippen LogP contribution < -0.4 is 0 Å². The molecule has 1 aromatic rings. The van der Waals surface area contributed by atoms with Crippen molar-refractivity contribution < 1.29 is 13.9 Å². The lowest BCUT2D eigenvalue weighted by atomic mass is 9.84. The highest BCUT2D eigenvalue weighted by Crippen LogP contribution is 2.39. The second-order valence-electron chi connectivity index (χ2n) is 5.74. The Hall–Kier alpha value is -1.29. The summed E-state index contributed by atoms with van der Waals surface area (Å²) in [5.74, 6) is 1.15. The molecular formula is C15H21NO3. The third-order valence-electron chi connectivity index (χ3n) is 4.56. The summed E-state index contributed by atoms with van der Waals surface area (Å²) < 4.78 is 11.2. The standard InChI is InChI=1S/C15H21NO3/c1-2-12-10-15(19-11-12)5-7-16(8-6-15)14(17)13-4-3-9-18-13/h3-4,9,12H,2,5-8,10-11H2,1H3/t12-/m1/s1. The number of hydrogen-bond acceptors (Lipinski definition) is 3.